The van der Waals surface area contributed by atoms with Crippen molar-refractivity contribution in [2.75, 3.05) is 0 Å². The molecule has 0 aliphatic heterocycles. The second-order valence-electron chi connectivity index (χ2n) is 6.89. The van der Waals surface area contributed by atoms with Gasteiger partial charge in [0.1, 0.15) is 6.10 Å². The van der Waals surface area contributed by atoms with Gasteiger partial charge in [0.25, 0.3) is 5.91 Å². The molecule has 0 saturated heterocycles. The Balaban J connectivity index is 1.81. The van der Waals surface area contributed by atoms with Crippen molar-refractivity contribution in [2.45, 2.75) is 24.7 Å². The molecule has 0 bridgehead atoms. The number of carboxylic acid groups (broad SMARTS) is 1. The van der Waals surface area contributed by atoms with Crippen LogP contribution in [0.25, 0.3) is 11.1 Å². The van der Waals surface area contributed by atoms with Crippen molar-refractivity contribution < 1.29 is 29.3 Å². The minimum absolute atomic E-state index is 0.00445. The second-order valence-corrected chi connectivity index (χ2v) is 7.76. The van der Waals surface area contributed by atoms with E-state index in [1.807, 2.05) is 12.1 Å². The van der Waals surface area contributed by atoms with Crippen LogP contribution in [-0.4, -0.2) is 45.4 Å². The summed E-state index contributed by atoms with van der Waals surface area (Å²) in [5.74, 6) is -2.25. The molecule has 3 atom stereocenters. The highest BCUT2D eigenvalue weighted by Gasteiger charge is 2.33. The number of rotatable bonds is 8. The number of aliphatic hydroxyl groups is 2. The van der Waals surface area contributed by atoms with Crippen LogP contribution >= 0.6 is 23.2 Å². The SMILES string of the molecule is O=C(NC(Cc1ccc(-c2cc(Cl)cc(Cl)c2)cc1)C(O)C(O)C(=O)O)c1ccco1. The van der Waals surface area contributed by atoms with Gasteiger partial charge in [-0.1, -0.05) is 47.5 Å². The number of carbonyl (C=O) groups excluding carboxylic acids is 1. The van der Waals surface area contributed by atoms with Gasteiger partial charge in [-0.05, 0) is 53.4 Å². The van der Waals surface area contributed by atoms with E-state index in [4.69, 9.17) is 32.7 Å². The van der Waals surface area contributed by atoms with Crippen molar-refractivity contribution in [3.63, 3.8) is 0 Å². The normalized spacial score (nSPS) is 13.9. The van der Waals surface area contributed by atoms with Crippen LogP contribution in [0.5, 0.6) is 0 Å². The van der Waals surface area contributed by atoms with Crippen LogP contribution in [0.3, 0.4) is 0 Å². The smallest absolute Gasteiger partial charge is 0.335 e. The summed E-state index contributed by atoms with van der Waals surface area (Å²) in [4.78, 5) is 23.4. The molecule has 7 nitrogen and oxygen atoms in total. The van der Waals surface area contributed by atoms with E-state index < -0.39 is 30.1 Å². The Morgan fingerprint density at radius 3 is 2.16 bits per heavy atom. The van der Waals surface area contributed by atoms with Crippen LogP contribution in [0.2, 0.25) is 10.0 Å². The first-order valence-corrected chi connectivity index (χ1v) is 9.99. The summed E-state index contributed by atoms with van der Waals surface area (Å²) in [6.45, 7) is 0. The van der Waals surface area contributed by atoms with Gasteiger partial charge in [0.15, 0.2) is 11.9 Å². The first-order chi connectivity index (χ1) is 14.7. The van der Waals surface area contributed by atoms with Crippen LogP contribution < -0.4 is 5.32 Å². The fourth-order valence-corrected chi connectivity index (χ4v) is 3.60. The van der Waals surface area contributed by atoms with Gasteiger partial charge >= 0.3 is 5.97 Å². The molecule has 3 unspecified atom stereocenters. The maximum absolute atomic E-state index is 12.3. The molecule has 0 aliphatic carbocycles. The molecular weight excluding hydrogens is 445 g/mol. The molecule has 9 heteroatoms. The molecule has 0 radical (unpaired) electrons. The standard InChI is InChI=1S/C22H19Cl2NO6/c23-15-9-14(10-16(24)11-15)13-5-3-12(4-6-13)8-17(19(26)20(27)22(29)30)25-21(28)18-2-1-7-31-18/h1-7,9-11,17,19-20,26-27H,8H2,(H,25,28)(H,29,30). The van der Waals surface area contributed by atoms with Crippen molar-refractivity contribution in [1.29, 1.82) is 0 Å². The summed E-state index contributed by atoms with van der Waals surface area (Å²) in [6, 6.07) is 14.2. The molecule has 0 saturated carbocycles. The molecule has 0 fully saturated rings. The van der Waals surface area contributed by atoms with E-state index in [2.05, 4.69) is 5.32 Å². The minimum Gasteiger partial charge on any atom is -0.479 e. The van der Waals surface area contributed by atoms with Gasteiger partial charge in [-0.3, -0.25) is 4.79 Å². The molecule has 1 amide bonds. The summed E-state index contributed by atoms with van der Waals surface area (Å²) < 4.78 is 5.02. The lowest BCUT2D eigenvalue weighted by Gasteiger charge is -2.26. The molecule has 31 heavy (non-hydrogen) atoms. The average Bonchev–Trinajstić information content (AvgIpc) is 3.27. The first-order valence-electron chi connectivity index (χ1n) is 9.23. The van der Waals surface area contributed by atoms with Crippen LogP contribution in [0, 0.1) is 0 Å². The van der Waals surface area contributed by atoms with Gasteiger partial charge in [-0.2, -0.15) is 0 Å². The highest BCUT2D eigenvalue weighted by Crippen LogP contribution is 2.27. The minimum atomic E-state index is -2.07. The fraction of sp³-hybridized carbons (Fsp3) is 0.182. The van der Waals surface area contributed by atoms with E-state index in [0.29, 0.717) is 15.6 Å². The molecule has 2 aromatic carbocycles. The maximum Gasteiger partial charge on any atom is 0.335 e. The maximum atomic E-state index is 12.3. The summed E-state index contributed by atoms with van der Waals surface area (Å²) in [6.07, 6.45) is -2.44. The highest BCUT2D eigenvalue weighted by molar-refractivity contribution is 6.35. The van der Waals surface area contributed by atoms with Gasteiger partial charge < -0.3 is 25.1 Å². The number of aliphatic hydroxyl groups excluding tert-OH is 2. The number of amides is 1. The first kappa shape index (κ1) is 22.8. The molecule has 1 aromatic heterocycles. The molecule has 162 valence electrons. The number of halogens is 2. The van der Waals surface area contributed by atoms with Crippen molar-refractivity contribution >= 4 is 35.1 Å². The van der Waals surface area contributed by atoms with Crippen molar-refractivity contribution in [2.24, 2.45) is 0 Å². The van der Waals surface area contributed by atoms with E-state index in [-0.39, 0.29) is 12.2 Å². The van der Waals surface area contributed by atoms with Crippen LogP contribution in [0.1, 0.15) is 16.1 Å². The average molecular weight is 464 g/mol. The van der Waals surface area contributed by atoms with Crippen molar-refractivity contribution in [3.05, 3.63) is 82.2 Å². The Hall–Kier alpha value is -2.84. The molecule has 4 N–H and O–H groups in total. The van der Waals surface area contributed by atoms with Crippen LogP contribution in [0.15, 0.2) is 65.3 Å². The highest BCUT2D eigenvalue weighted by atomic mass is 35.5. The third-order valence-corrected chi connectivity index (χ3v) is 5.09. The summed E-state index contributed by atoms with van der Waals surface area (Å²) in [5, 5.41) is 32.7. The van der Waals surface area contributed by atoms with Crippen LogP contribution in [0.4, 0.5) is 0 Å². The Morgan fingerprint density at radius 1 is 0.968 bits per heavy atom. The largest absolute Gasteiger partial charge is 0.479 e. The van der Waals surface area contributed by atoms with Gasteiger partial charge in [0.2, 0.25) is 0 Å². The lowest BCUT2D eigenvalue weighted by Crippen LogP contribution is -2.52. The quantitative estimate of drug-likeness (QED) is 0.406. The van der Waals surface area contributed by atoms with Crippen molar-refractivity contribution in [1.82, 2.24) is 5.32 Å². The number of aliphatic carboxylic acids is 1. The van der Waals surface area contributed by atoms with E-state index >= 15 is 0 Å². The lowest BCUT2D eigenvalue weighted by atomic mass is 9.96. The monoisotopic (exact) mass is 463 g/mol. The topological polar surface area (TPSA) is 120 Å². The summed E-state index contributed by atoms with van der Waals surface area (Å²) in [5.41, 5.74) is 2.35. The number of hydrogen-bond acceptors (Lipinski definition) is 5. The molecule has 3 aromatic rings. The molecule has 0 aliphatic rings. The fourth-order valence-electron chi connectivity index (χ4n) is 3.08. The molecule has 0 spiro atoms. The number of furan rings is 1. The number of nitrogens with one attached hydrogen (secondary N) is 1. The zero-order valence-corrected chi connectivity index (χ0v) is 17.5. The molecule has 1 heterocycles. The zero-order chi connectivity index (χ0) is 22.5. The lowest BCUT2D eigenvalue weighted by molar-refractivity contribution is -0.153. The Labute approximate surface area is 187 Å². The van der Waals surface area contributed by atoms with Gasteiger partial charge in [-0.25, -0.2) is 4.79 Å². The summed E-state index contributed by atoms with van der Waals surface area (Å²) in [7, 11) is 0. The second kappa shape index (κ2) is 9.98. The van der Waals surface area contributed by atoms with Gasteiger partial charge in [0, 0.05) is 10.0 Å². The van der Waals surface area contributed by atoms with E-state index in [9.17, 15) is 19.8 Å². The van der Waals surface area contributed by atoms with Gasteiger partial charge in [-0.15, -0.1) is 0 Å². The predicted octanol–water partition coefficient (Wildman–Crippen LogP) is 3.40. The molecule has 3 rings (SSSR count). The third kappa shape index (κ3) is 5.86. The summed E-state index contributed by atoms with van der Waals surface area (Å²) >= 11 is 12.1. The van der Waals surface area contributed by atoms with Crippen LogP contribution in [-0.2, 0) is 11.2 Å². The van der Waals surface area contributed by atoms with E-state index in [1.165, 1.54) is 18.4 Å². The number of carbonyl (C=O) groups is 2. The Kier molecular flexibility index (Phi) is 7.35. The third-order valence-electron chi connectivity index (χ3n) is 4.66. The molecular formula is C22H19Cl2NO6. The Bertz CT molecular complexity index is 1030. The van der Waals surface area contributed by atoms with Gasteiger partial charge in [0.05, 0.1) is 12.3 Å². The number of hydrogen-bond donors (Lipinski definition) is 4. The van der Waals surface area contributed by atoms with Crippen molar-refractivity contribution in [3.8, 4) is 11.1 Å². The Morgan fingerprint density at radius 2 is 1.61 bits per heavy atom. The predicted molar refractivity (Wildman–Crippen MR) is 115 cm³/mol. The van der Waals surface area contributed by atoms with E-state index in [0.717, 1.165) is 11.1 Å². The zero-order valence-electron chi connectivity index (χ0n) is 16.0. The van der Waals surface area contributed by atoms with E-state index in [1.54, 1.807) is 30.3 Å². The number of benzene rings is 2. The number of carboxylic acids is 1.